The molecule has 3 aliphatic rings. The number of piperidine rings is 1. The zero-order valence-electron chi connectivity index (χ0n) is 12.8. The third kappa shape index (κ3) is 2.60. The van der Waals surface area contributed by atoms with Gasteiger partial charge in [0.15, 0.2) is 0 Å². The number of aliphatic carboxylic acids is 1. The second-order valence-corrected chi connectivity index (χ2v) is 7.33. The molecule has 1 saturated carbocycles. The largest absolute Gasteiger partial charge is 0.480 e. The SMILES string of the molecule is CC(N1CCC(N2CCCC2C(=O)O)CC1)C1(C)CC1. The van der Waals surface area contributed by atoms with Gasteiger partial charge < -0.3 is 10.0 Å². The van der Waals surface area contributed by atoms with E-state index in [1.165, 1.54) is 12.8 Å². The van der Waals surface area contributed by atoms with Gasteiger partial charge in [0.1, 0.15) is 6.04 Å². The van der Waals surface area contributed by atoms with E-state index in [0.29, 0.717) is 17.5 Å². The van der Waals surface area contributed by atoms with Gasteiger partial charge in [0, 0.05) is 12.1 Å². The predicted molar refractivity (Wildman–Crippen MR) is 78.8 cm³/mol. The Labute approximate surface area is 122 Å². The topological polar surface area (TPSA) is 43.8 Å². The fourth-order valence-electron chi connectivity index (χ4n) is 4.15. The van der Waals surface area contributed by atoms with Gasteiger partial charge in [-0.3, -0.25) is 9.69 Å². The molecule has 20 heavy (non-hydrogen) atoms. The lowest BCUT2D eigenvalue weighted by Gasteiger charge is -2.42. The fraction of sp³-hybridized carbons (Fsp3) is 0.938. The van der Waals surface area contributed by atoms with Crippen LogP contribution in [0.2, 0.25) is 0 Å². The normalized spacial score (nSPS) is 33.2. The summed E-state index contributed by atoms with van der Waals surface area (Å²) < 4.78 is 0. The maximum Gasteiger partial charge on any atom is 0.320 e. The van der Waals surface area contributed by atoms with Crippen molar-refractivity contribution in [2.75, 3.05) is 19.6 Å². The van der Waals surface area contributed by atoms with Crippen LogP contribution in [0.25, 0.3) is 0 Å². The van der Waals surface area contributed by atoms with E-state index in [-0.39, 0.29) is 6.04 Å². The summed E-state index contributed by atoms with van der Waals surface area (Å²) in [5, 5.41) is 9.32. The summed E-state index contributed by atoms with van der Waals surface area (Å²) in [4.78, 5) is 16.2. The van der Waals surface area contributed by atoms with Gasteiger partial charge >= 0.3 is 5.97 Å². The second kappa shape index (κ2) is 5.30. The minimum Gasteiger partial charge on any atom is -0.480 e. The molecule has 2 atom stereocenters. The molecule has 0 aromatic carbocycles. The average molecular weight is 280 g/mol. The summed E-state index contributed by atoms with van der Waals surface area (Å²) in [7, 11) is 0. The minimum atomic E-state index is -0.621. The van der Waals surface area contributed by atoms with E-state index in [1.807, 2.05) is 0 Å². The summed E-state index contributed by atoms with van der Waals surface area (Å²) in [5.74, 6) is -0.621. The summed E-state index contributed by atoms with van der Waals surface area (Å²) in [6.45, 7) is 8.05. The molecule has 1 N–H and O–H groups in total. The number of hydrogen-bond donors (Lipinski definition) is 1. The summed E-state index contributed by atoms with van der Waals surface area (Å²) in [6, 6.07) is 0.969. The summed E-state index contributed by atoms with van der Waals surface area (Å²) >= 11 is 0. The van der Waals surface area contributed by atoms with Crippen LogP contribution in [0.15, 0.2) is 0 Å². The Kier molecular flexibility index (Phi) is 3.80. The highest BCUT2D eigenvalue weighted by Crippen LogP contribution is 2.50. The Hall–Kier alpha value is -0.610. The lowest BCUT2D eigenvalue weighted by molar-refractivity contribution is -0.143. The lowest BCUT2D eigenvalue weighted by Crippen LogP contribution is -2.51. The quantitative estimate of drug-likeness (QED) is 0.857. The molecule has 2 aliphatic heterocycles. The van der Waals surface area contributed by atoms with Gasteiger partial charge in [0.2, 0.25) is 0 Å². The van der Waals surface area contributed by atoms with Crippen LogP contribution >= 0.6 is 0 Å². The van der Waals surface area contributed by atoms with Gasteiger partial charge in [-0.1, -0.05) is 6.92 Å². The Morgan fingerprint density at radius 2 is 1.85 bits per heavy atom. The minimum absolute atomic E-state index is 0.218. The molecule has 3 fully saturated rings. The van der Waals surface area contributed by atoms with Crippen molar-refractivity contribution in [3.63, 3.8) is 0 Å². The number of carboxylic acids is 1. The molecular weight excluding hydrogens is 252 g/mol. The highest BCUT2D eigenvalue weighted by atomic mass is 16.4. The molecule has 0 bridgehead atoms. The van der Waals surface area contributed by atoms with Crippen LogP contribution in [0.4, 0.5) is 0 Å². The second-order valence-electron chi connectivity index (χ2n) is 7.33. The number of likely N-dealkylation sites (tertiary alicyclic amines) is 2. The van der Waals surface area contributed by atoms with Crippen molar-refractivity contribution in [2.24, 2.45) is 5.41 Å². The lowest BCUT2D eigenvalue weighted by atomic mass is 9.94. The Balaban J connectivity index is 1.54. The molecule has 2 saturated heterocycles. The molecule has 4 heteroatoms. The zero-order chi connectivity index (χ0) is 14.3. The molecule has 0 amide bonds. The van der Waals surface area contributed by atoms with Gasteiger partial charge in [0.25, 0.3) is 0 Å². The Morgan fingerprint density at radius 1 is 1.20 bits per heavy atom. The fourth-order valence-corrected chi connectivity index (χ4v) is 4.15. The Bertz CT molecular complexity index is 373. The maximum atomic E-state index is 11.3. The van der Waals surface area contributed by atoms with Crippen LogP contribution in [0, 0.1) is 5.41 Å². The van der Waals surface area contributed by atoms with Crippen molar-refractivity contribution in [2.45, 2.75) is 70.5 Å². The highest BCUT2D eigenvalue weighted by Gasteiger charge is 2.46. The molecule has 2 unspecified atom stereocenters. The van der Waals surface area contributed by atoms with Gasteiger partial charge in [-0.15, -0.1) is 0 Å². The number of rotatable bonds is 4. The first kappa shape index (κ1) is 14.3. The van der Waals surface area contributed by atoms with Crippen molar-refractivity contribution in [3.8, 4) is 0 Å². The van der Waals surface area contributed by atoms with Crippen LogP contribution < -0.4 is 0 Å². The molecule has 1 aliphatic carbocycles. The van der Waals surface area contributed by atoms with E-state index in [0.717, 1.165) is 45.3 Å². The van der Waals surface area contributed by atoms with E-state index >= 15 is 0 Å². The number of nitrogens with zero attached hydrogens (tertiary/aromatic N) is 2. The van der Waals surface area contributed by atoms with Crippen LogP contribution in [-0.2, 0) is 4.79 Å². The van der Waals surface area contributed by atoms with Crippen LogP contribution in [0.3, 0.4) is 0 Å². The first-order valence-corrected chi connectivity index (χ1v) is 8.24. The smallest absolute Gasteiger partial charge is 0.320 e. The van der Waals surface area contributed by atoms with Crippen molar-refractivity contribution in [3.05, 3.63) is 0 Å². The molecule has 2 heterocycles. The van der Waals surface area contributed by atoms with E-state index in [4.69, 9.17) is 0 Å². The van der Waals surface area contributed by atoms with Crippen molar-refractivity contribution >= 4 is 5.97 Å². The van der Waals surface area contributed by atoms with Gasteiger partial charge in [-0.25, -0.2) is 0 Å². The molecule has 0 radical (unpaired) electrons. The van der Waals surface area contributed by atoms with Gasteiger partial charge in [-0.2, -0.15) is 0 Å². The maximum absolute atomic E-state index is 11.3. The monoisotopic (exact) mass is 280 g/mol. The third-order valence-corrected chi connectivity index (χ3v) is 6.14. The van der Waals surface area contributed by atoms with Gasteiger partial charge in [0.05, 0.1) is 0 Å². The van der Waals surface area contributed by atoms with Crippen LogP contribution in [-0.4, -0.2) is 58.6 Å². The molecule has 4 nitrogen and oxygen atoms in total. The number of hydrogen-bond acceptors (Lipinski definition) is 3. The molecule has 114 valence electrons. The predicted octanol–water partition coefficient (Wildman–Crippen LogP) is 2.19. The van der Waals surface area contributed by atoms with Crippen LogP contribution in [0.5, 0.6) is 0 Å². The van der Waals surface area contributed by atoms with E-state index in [1.54, 1.807) is 0 Å². The van der Waals surface area contributed by atoms with Crippen LogP contribution in [0.1, 0.15) is 52.4 Å². The summed E-state index contributed by atoms with van der Waals surface area (Å²) in [5.41, 5.74) is 0.560. The third-order valence-electron chi connectivity index (χ3n) is 6.14. The average Bonchev–Trinajstić information content (AvgIpc) is 3.02. The highest BCUT2D eigenvalue weighted by molar-refractivity contribution is 5.73. The van der Waals surface area contributed by atoms with E-state index in [9.17, 15) is 9.90 Å². The molecule has 0 spiro atoms. The Morgan fingerprint density at radius 3 is 2.40 bits per heavy atom. The summed E-state index contributed by atoms with van der Waals surface area (Å²) in [6.07, 6.45) is 6.92. The van der Waals surface area contributed by atoms with Crippen molar-refractivity contribution in [1.82, 2.24) is 9.80 Å². The first-order chi connectivity index (χ1) is 9.51. The first-order valence-electron chi connectivity index (χ1n) is 8.24. The number of carbonyl (C=O) groups is 1. The standard InChI is InChI=1S/C16H28N2O2/c1-12(16(2)7-8-16)17-10-5-13(6-11-17)18-9-3-4-14(18)15(19)20/h12-14H,3-11H2,1-2H3,(H,19,20). The molecular formula is C16H28N2O2. The van der Waals surface area contributed by atoms with Crippen molar-refractivity contribution in [1.29, 1.82) is 0 Å². The van der Waals surface area contributed by atoms with Crippen molar-refractivity contribution < 1.29 is 9.90 Å². The van der Waals surface area contributed by atoms with E-state index < -0.39 is 5.97 Å². The molecule has 0 aromatic rings. The zero-order valence-corrected chi connectivity index (χ0v) is 12.8. The molecule has 0 aromatic heterocycles. The molecule has 3 rings (SSSR count). The number of carboxylic acid groups (broad SMARTS) is 1. The van der Waals surface area contributed by atoms with Gasteiger partial charge in [-0.05, 0) is 70.5 Å². The van der Waals surface area contributed by atoms with E-state index in [2.05, 4.69) is 23.6 Å².